The van der Waals surface area contributed by atoms with E-state index in [1.165, 1.54) is 263 Å². The number of aliphatic hydroxyl groups excluding tert-OH is 1. The molecule has 101 heavy (non-hydrogen) atoms. The number of ether oxygens (including phenoxy) is 4. The predicted octanol–water partition coefficient (Wildman–Crippen LogP) is 24.8. The third-order valence-corrected chi connectivity index (χ3v) is 21.2. The van der Waals surface area contributed by atoms with Crippen LogP contribution in [0.3, 0.4) is 0 Å². The largest absolute Gasteiger partial charge is 0.472 e. The van der Waals surface area contributed by atoms with E-state index in [0.29, 0.717) is 25.7 Å². The topological polar surface area (TPSA) is 237 Å². The fourth-order valence-electron chi connectivity index (χ4n) is 12.8. The highest BCUT2D eigenvalue weighted by Crippen LogP contribution is 2.45. The van der Waals surface area contributed by atoms with Gasteiger partial charge in [-0.2, -0.15) is 0 Å². The van der Waals surface area contributed by atoms with E-state index in [2.05, 4.69) is 34.6 Å². The fourth-order valence-corrected chi connectivity index (χ4v) is 14.3. The summed E-state index contributed by atoms with van der Waals surface area (Å²) in [6.07, 6.45) is 66.5. The van der Waals surface area contributed by atoms with Gasteiger partial charge in [0.1, 0.15) is 19.3 Å². The van der Waals surface area contributed by atoms with Crippen molar-refractivity contribution in [3.05, 3.63) is 0 Å². The maximum Gasteiger partial charge on any atom is 0.472 e. The molecule has 19 heteroatoms. The van der Waals surface area contributed by atoms with Crippen molar-refractivity contribution in [1.82, 2.24) is 0 Å². The second kappa shape index (κ2) is 74.9. The van der Waals surface area contributed by atoms with Crippen molar-refractivity contribution in [2.24, 2.45) is 5.92 Å². The second-order valence-corrected chi connectivity index (χ2v) is 32.9. The summed E-state index contributed by atoms with van der Waals surface area (Å²) in [4.78, 5) is 73.1. The molecule has 0 radical (unpaired) electrons. The number of hydrogen-bond donors (Lipinski definition) is 3. The lowest BCUT2D eigenvalue weighted by Gasteiger charge is -2.21. The van der Waals surface area contributed by atoms with E-state index in [-0.39, 0.29) is 25.7 Å². The van der Waals surface area contributed by atoms with Gasteiger partial charge < -0.3 is 33.8 Å². The highest BCUT2D eigenvalue weighted by molar-refractivity contribution is 7.47. The van der Waals surface area contributed by atoms with Gasteiger partial charge in [-0.05, 0) is 31.6 Å². The Morgan fingerprint density at radius 2 is 0.455 bits per heavy atom. The number of esters is 4. The van der Waals surface area contributed by atoms with Gasteiger partial charge in [0.2, 0.25) is 0 Å². The standard InChI is InChI=1S/C82H160O17P2/c1-6-9-12-15-18-21-24-26-28-29-30-33-37-41-46-51-56-61-66-80(85)93-72-78(99-82(87)68-63-58-53-48-43-38-34-31-32-35-40-44-49-54-59-64-75(4)5)74-97-101(90,91)95-70-76(83)69-94-100(88,89)96-73-77(71-92-79(84)65-60-55-50-45-39-23-20-17-14-11-8-3)98-81(86)67-62-57-52-47-42-36-27-25-22-19-16-13-10-7-2/h75-78,83H,6-74H2,1-5H3,(H,88,89)(H,90,91)/t76-,77+,78+/m0/s1. The van der Waals surface area contributed by atoms with Crippen molar-refractivity contribution in [2.45, 2.75) is 457 Å². The van der Waals surface area contributed by atoms with Crippen molar-refractivity contribution in [2.75, 3.05) is 39.6 Å². The van der Waals surface area contributed by atoms with E-state index < -0.39 is 97.5 Å². The van der Waals surface area contributed by atoms with Crippen LogP contribution in [-0.2, 0) is 65.4 Å². The molecule has 2 unspecified atom stereocenters. The Morgan fingerprint density at radius 3 is 0.673 bits per heavy atom. The third kappa shape index (κ3) is 76.1. The molecule has 17 nitrogen and oxygen atoms in total. The zero-order valence-corrected chi connectivity index (χ0v) is 67.8. The van der Waals surface area contributed by atoms with Crippen LogP contribution in [0.1, 0.15) is 439 Å². The minimum Gasteiger partial charge on any atom is -0.462 e. The normalized spacial score (nSPS) is 13.8. The number of rotatable bonds is 82. The molecular formula is C82H160O17P2. The zero-order valence-electron chi connectivity index (χ0n) is 66.1. The fraction of sp³-hybridized carbons (Fsp3) is 0.951. The van der Waals surface area contributed by atoms with Gasteiger partial charge in [0, 0.05) is 25.7 Å². The van der Waals surface area contributed by atoms with E-state index in [0.717, 1.165) is 95.8 Å². The monoisotopic (exact) mass is 1480 g/mol. The number of phosphoric acid groups is 2. The predicted molar refractivity (Wildman–Crippen MR) is 414 cm³/mol. The zero-order chi connectivity index (χ0) is 74.1. The van der Waals surface area contributed by atoms with Gasteiger partial charge in [-0.25, -0.2) is 9.13 Å². The average molecular weight is 1480 g/mol. The maximum absolute atomic E-state index is 13.1. The summed E-state index contributed by atoms with van der Waals surface area (Å²) in [5, 5.41) is 10.7. The molecule has 0 bridgehead atoms. The van der Waals surface area contributed by atoms with Crippen molar-refractivity contribution >= 4 is 39.5 Å². The molecule has 0 aliphatic rings. The lowest BCUT2D eigenvalue weighted by Crippen LogP contribution is -2.30. The van der Waals surface area contributed by atoms with E-state index in [9.17, 15) is 43.2 Å². The molecule has 0 aromatic rings. The summed E-state index contributed by atoms with van der Waals surface area (Å²) >= 11 is 0. The first-order chi connectivity index (χ1) is 49.0. The van der Waals surface area contributed by atoms with Crippen LogP contribution >= 0.6 is 15.6 Å². The van der Waals surface area contributed by atoms with E-state index in [1.807, 2.05) is 0 Å². The second-order valence-electron chi connectivity index (χ2n) is 30.0. The Balaban J connectivity index is 5.24. The molecular weight excluding hydrogens is 1320 g/mol. The molecule has 600 valence electrons. The summed E-state index contributed by atoms with van der Waals surface area (Å²) < 4.78 is 68.8. The summed E-state index contributed by atoms with van der Waals surface area (Å²) in [6, 6.07) is 0. The van der Waals surface area contributed by atoms with Gasteiger partial charge in [0.25, 0.3) is 0 Å². The quantitative estimate of drug-likeness (QED) is 0.0222. The Labute approximate surface area is 619 Å². The summed E-state index contributed by atoms with van der Waals surface area (Å²) in [5.41, 5.74) is 0. The number of carbonyl (C=O) groups is 4. The molecule has 0 aromatic carbocycles. The van der Waals surface area contributed by atoms with Crippen LogP contribution in [0.5, 0.6) is 0 Å². The third-order valence-electron chi connectivity index (χ3n) is 19.3. The molecule has 0 heterocycles. The lowest BCUT2D eigenvalue weighted by atomic mass is 10.0. The van der Waals surface area contributed by atoms with Gasteiger partial charge in [-0.3, -0.25) is 37.3 Å². The van der Waals surface area contributed by atoms with Crippen LogP contribution in [0.2, 0.25) is 0 Å². The Kier molecular flexibility index (Phi) is 73.5. The van der Waals surface area contributed by atoms with E-state index in [4.69, 9.17) is 37.0 Å². The number of hydrogen-bond acceptors (Lipinski definition) is 15. The van der Waals surface area contributed by atoms with Crippen LogP contribution in [0.25, 0.3) is 0 Å². The highest BCUT2D eigenvalue weighted by atomic mass is 31.2. The maximum atomic E-state index is 13.1. The molecule has 0 saturated heterocycles. The highest BCUT2D eigenvalue weighted by Gasteiger charge is 2.30. The Bertz CT molecular complexity index is 1930. The van der Waals surface area contributed by atoms with Crippen LogP contribution in [0, 0.1) is 5.92 Å². The van der Waals surface area contributed by atoms with Crippen molar-refractivity contribution in [1.29, 1.82) is 0 Å². The summed E-state index contributed by atoms with van der Waals surface area (Å²) in [7, 11) is -9.92. The molecule has 0 saturated carbocycles. The molecule has 5 atom stereocenters. The Hall–Kier alpha value is -1.94. The van der Waals surface area contributed by atoms with E-state index >= 15 is 0 Å². The first-order valence-corrected chi connectivity index (χ1v) is 45.6. The van der Waals surface area contributed by atoms with Gasteiger partial charge in [0.15, 0.2) is 12.2 Å². The van der Waals surface area contributed by atoms with Gasteiger partial charge in [0.05, 0.1) is 26.4 Å². The van der Waals surface area contributed by atoms with Crippen LogP contribution < -0.4 is 0 Å². The van der Waals surface area contributed by atoms with Crippen LogP contribution in [0.4, 0.5) is 0 Å². The SMILES string of the molecule is CCCCCCCCCCCCCCCCCCCCC(=O)OC[C@H](COP(=O)(O)OC[C@@H](O)COP(=O)(O)OC[C@@H](COC(=O)CCCCCCCCCCCCC)OC(=O)CCCCCCCCCCCCCCCC)OC(=O)CCCCCCCCCCCCCCCCCC(C)C. The average Bonchev–Trinajstić information content (AvgIpc) is 1.03. The summed E-state index contributed by atoms with van der Waals surface area (Å²) in [6.45, 7) is 7.37. The molecule has 0 aliphatic heterocycles. The molecule has 0 aromatic heterocycles. The van der Waals surface area contributed by atoms with Crippen LogP contribution in [-0.4, -0.2) is 96.7 Å². The molecule has 3 N–H and O–H groups in total. The molecule has 0 aliphatic carbocycles. The van der Waals surface area contributed by atoms with Crippen molar-refractivity contribution in [3.8, 4) is 0 Å². The van der Waals surface area contributed by atoms with Gasteiger partial charge >= 0.3 is 39.5 Å². The molecule has 0 fully saturated rings. The summed E-state index contributed by atoms with van der Waals surface area (Å²) in [5.74, 6) is -1.30. The Morgan fingerprint density at radius 1 is 0.267 bits per heavy atom. The first kappa shape index (κ1) is 99.1. The molecule has 0 spiro atoms. The van der Waals surface area contributed by atoms with Crippen LogP contribution in [0.15, 0.2) is 0 Å². The first-order valence-electron chi connectivity index (χ1n) is 42.6. The number of aliphatic hydroxyl groups is 1. The minimum atomic E-state index is -4.96. The number of unbranched alkanes of at least 4 members (excludes halogenated alkanes) is 54. The number of carbonyl (C=O) groups excluding carboxylic acids is 4. The lowest BCUT2D eigenvalue weighted by molar-refractivity contribution is -0.161. The molecule has 0 rings (SSSR count). The van der Waals surface area contributed by atoms with E-state index in [1.54, 1.807) is 0 Å². The number of phosphoric ester groups is 2. The minimum absolute atomic E-state index is 0.109. The van der Waals surface area contributed by atoms with Gasteiger partial charge in [-0.15, -0.1) is 0 Å². The van der Waals surface area contributed by atoms with Crippen molar-refractivity contribution < 1.29 is 80.2 Å². The molecule has 0 amide bonds. The van der Waals surface area contributed by atoms with Gasteiger partial charge in [-0.1, -0.05) is 388 Å². The smallest absolute Gasteiger partial charge is 0.462 e. The van der Waals surface area contributed by atoms with Crippen molar-refractivity contribution in [3.63, 3.8) is 0 Å².